The van der Waals surface area contributed by atoms with Gasteiger partial charge >= 0.3 is 11.9 Å². The number of aromatic nitrogens is 1. The van der Waals surface area contributed by atoms with Crippen molar-refractivity contribution in [3.8, 4) is 5.75 Å². The Balaban J connectivity index is 1.73. The van der Waals surface area contributed by atoms with Gasteiger partial charge in [0.15, 0.2) is 0 Å². The van der Waals surface area contributed by atoms with Crippen LogP contribution in [0, 0.1) is 5.82 Å². The maximum absolute atomic E-state index is 13.4. The minimum absolute atomic E-state index is 0.0479. The quantitative estimate of drug-likeness (QED) is 0.267. The maximum Gasteiger partial charge on any atom is 0.330 e. The summed E-state index contributed by atoms with van der Waals surface area (Å²) >= 11 is 0. The van der Waals surface area contributed by atoms with Gasteiger partial charge in [0.05, 0.1) is 12.8 Å². The molecule has 4 aromatic rings. The van der Waals surface area contributed by atoms with Crippen LogP contribution in [0.1, 0.15) is 28.9 Å². The third-order valence-corrected chi connectivity index (χ3v) is 7.09. The fraction of sp³-hybridized carbons (Fsp3) is 0.154. The topological polar surface area (TPSA) is 115 Å². The van der Waals surface area contributed by atoms with Gasteiger partial charge in [-0.3, -0.25) is 14.3 Å². The summed E-state index contributed by atoms with van der Waals surface area (Å²) in [6.45, 7) is 1.26. The molecule has 0 saturated carbocycles. The average Bonchev–Trinajstić information content (AvgIpc) is 3.29. The first-order valence-corrected chi connectivity index (χ1v) is 12.4. The first-order valence-electron chi connectivity index (χ1n) is 10.9. The highest BCUT2D eigenvalue weighted by Gasteiger charge is 2.36. The third kappa shape index (κ3) is 5.55. The molecule has 0 aliphatic rings. The van der Waals surface area contributed by atoms with Crippen molar-refractivity contribution in [3.63, 3.8) is 0 Å². The Morgan fingerprint density at radius 2 is 1.78 bits per heavy atom. The van der Waals surface area contributed by atoms with Crippen LogP contribution in [0.4, 0.5) is 10.1 Å². The van der Waals surface area contributed by atoms with Gasteiger partial charge in [-0.2, -0.15) is 0 Å². The van der Waals surface area contributed by atoms with E-state index in [1.165, 1.54) is 31.2 Å². The van der Waals surface area contributed by atoms with Crippen LogP contribution in [0.2, 0.25) is 0 Å². The number of methoxy groups -OCH3 is 1. The number of carbonyl (C=O) groups excluding carboxylic acids is 2. The predicted octanol–water partition coefficient (Wildman–Crippen LogP) is 4.48. The van der Waals surface area contributed by atoms with E-state index in [1.807, 2.05) is 30.5 Å². The summed E-state index contributed by atoms with van der Waals surface area (Å²) in [5.74, 6) is -1.88. The second-order valence-electron chi connectivity index (χ2n) is 8.09. The lowest BCUT2D eigenvalue weighted by atomic mass is 10.0. The van der Waals surface area contributed by atoms with E-state index in [-0.39, 0.29) is 17.0 Å². The summed E-state index contributed by atoms with van der Waals surface area (Å²) in [5, 5.41) is -0.756. The number of esters is 2. The fourth-order valence-electron chi connectivity index (χ4n) is 3.88. The average molecular weight is 511 g/mol. The molecule has 0 fully saturated rings. The highest BCUT2D eigenvalue weighted by atomic mass is 32.2. The molecule has 36 heavy (non-hydrogen) atoms. The van der Waals surface area contributed by atoms with E-state index in [0.717, 1.165) is 35.7 Å². The molecular formula is C26H23FN2O6S. The van der Waals surface area contributed by atoms with Crippen LogP contribution in [0.25, 0.3) is 10.9 Å². The molecule has 8 nitrogen and oxygen atoms in total. The Bertz CT molecular complexity index is 1530. The van der Waals surface area contributed by atoms with E-state index >= 15 is 0 Å². The third-order valence-electron chi connectivity index (χ3n) is 5.50. The molecule has 1 atom stereocenters. The highest BCUT2D eigenvalue weighted by Crippen LogP contribution is 2.31. The van der Waals surface area contributed by atoms with Crippen LogP contribution in [0.15, 0.2) is 72.9 Å². The normalized spacial score (nSPS) is 12.2. The Hall–Kier alpha value is -4.18. The number of aromatic amines is 1. The van der Waals surface area contributed by atoms with Gasteiger partial charge in [-0.05, 0) is 77.0 Å². The van der Waals surface area contributed by atoms with Crippen LogP contribution >= 0.6 is 0 Å². The van der Waals surface area contributed by atoms with E-state index in [1.54, 1.807) is 6.07 Å². The number of ether oxygens (including phenoxy) is 2. The van der Waals surface area contributed by atoms with Crippen molar-refractivity contribution in [2.75, 3.05) is 11.8 Å². The van der Waals surface area contributed by atoms with Gasteiger partial charge in [0, 0.05) is 18.6 Å². The van der Waals surface area contributed by atoms with Crippen molar-refractivity contribution in [3.05, 3.63) is 95.4 Å². The zero-order valence-corrected chi connectivity index (χ0v) is 20.3. The molecule has 0 spiro atoms. The van der Waals surface area contributed by atoms with E-state index < -0.39 is 33.0 Å². The van der Waals surface area contributed by atoms with Crippen LogP contribution in [0.5, 0.6) is 5.75 Å². The van der Waals surface area contributed by atoms with Gasteiger partial charge in [0.25, 0.3) is 10.0 Å². The zero-order valence-electron chi connectivity index (χ0n) is 19.4. The number of anilines is 1. The molecule has 1 heterocycles. The standard InChI is InChI=1S/C26H23FN2O6S/c1-16(30)35-22-8-10-24(20(15-22)14-17-3-9-23-19(13-17)11-12-28-23)29-36(32,33)25(26(31)34-2)18-4-6-21(27)7-5-18/h3-13,15,25,28-29H,14H2,1-2H3. The lowest BCUT2D eigenvalue weighted by Gasteiger charge is -2.19. The molecule has 3 aromatic carbocycles. The van der Waals surface area contributed by atoms with Crippen molar-refractivity contribution < 1.29 is 31.9 Å². The Labute approximate surface area is 207 Å². The number of fused-ring (bicyclic) bond motifs is 1. The highest BCUT2D eigenvalue weighted by molar-refractivity contribution is 7.93. The van der Waals surface area contributed by atoms with Crippen molar-refractivity contribution in [2.45, 2.75) is 18.6 Å². The summed E-state index contributed by atoms with van der Waals surface area (Å²) in [6.07, 6.45) is 2.12. The van der Waals surface area contributed by atoms with Crippen molar-refractivity contribution >= 4 is 38.6 Å². The molecule has 0 saturated heterocycles. The van der Waals surface area contributed by atoms with Crippen molar-refractivity contribution in [1.82, 2.24) is 4.98 Å². The number of hydrogen-bond donors (Lipinski definition) is 2. The zero-order chi connectivity index (χ0) is 25.9. The van der Waals surface area contributed by atoms with Gasteiger partial charge < -0.3 is 14.5 Å². The number of nitrogens with one attached hydrogen (secondary N) is 2. The molecule has 0 aliphatic carbocycles. The number of H-pyrrole nitrogens is 1. The largest absolute Gasteiger partial charge is 0.468 e. The predicted molar refractivity (Wildman–Crippen MR) is 133 cm³/mol. The van der Waals surface area contributed by atoms with E-state index in [0.29, 0.717) is 12.0 Å². The van der Waals surface area contributed by atoms with E-state index in [4.69, 9.17) is 9.47 Å². The summed E-state index contributed by atoms with van der Waals surface area (Å²) in [5.41, 5.74) is 2.58. The van der Waals surface area contributed by atoms with Gasteiger partial charge in [-0.25, -0.2) is 12.8 Å². The van der Waals surface area contributed by atoms with Crippen LogP contribution < -0.4 is 9.46 Å². The minimum Gasteiger partial charge on any atom is -0.468 e. The molecule has 0 radical (unpaired) electrons. The van der Waals surface area contributed by atoms with Crippen LogP contribution in [-0.2, 0) is 30.8 Å². The second kappa shape index (κ2) is 10.2. The van der Waals surface area contributed by atoms with Gasteiger partial charge in [-0.1, -0.05) is 18.2 Å². The smallest absolute Gasteiger partial charge is 0.330 e. The molecule has 0 amide bonds. The molecular weight excluding hydrogens is 487 g/mol. The van der Waals surface area contributed by atoms with E-state index in [9.17, 15) is 22.4 Å². The Morgan fingerprint density at radius 3 is 2.47 bits per heavy atom. The van der Waals surface area contributed by atoms with Gasteiger partial charge in [-0.15, -0.1) is 0 Å². The number of hydrogen-bond acceptors (Lipinski definition) is 6. The first-order chi connectivity index (χ1) is 17.2. The summed E-state index contributed by atoms with van der Waals surface area (Å²) in [6, 6.07) is 16.7. The molecule has 10 heteroatoms. The number of benzene rings is 3. The first kappa shape index (κ1) is 24.9. The molecule has 4 rings (SSSR count). The summed E-state index contributed by atoms with van der Waals surface area (Å²) in [7, 11) is -3.31. The molecule has 0 aliphatic heterocycles. The minimum atomic E-state index is -4.39. The van der Waals surface area contributed by atoms with Gasteiger partial charge in [0.2, 0.25) is 5.25 Å². The molecule has 0 bridgehead atoms. The monoisotopic (exact) mass is 510 g/mol. The van der Waals surface area contributed by atoms with E-state index in [2.05, 4.69) is 9.71 Å². The number of halogens is 1. The molecule has 1 unspecified atom stereocenters. The maximum atomic E-state index is 13.4. The summed E-state index contributed by atoms with van der Waals surface area (Å²) < 4.78 is 52.6. The summed E-state index contributed by atoms with van der Waals surface area (Å²) in [4.78, 5) is 27.1. The lowest BCUT2D eigenvalue weighted by Crippen LogP contribution is -2.29. The fourth-order valence-corrected chi connectivity index (χ4v) is 5.37. The number of carbonyl (C=O) groups is 2. The molecule has 2 N–H and O–H groups in total. The van der Waals surface area contributed by atoms with Crippen molar-refractivity contribution in [1.29, 1.82) is 0 Å². The number of rotatable bonds is 8. The van der Waals surface area contributed by atoms with Crippen LogP contribution in [0.3, 0.4) is 0 Å². The lowest BCUT2D eigenvalue weighted by molar-refractivity contribution is -0.140. The Morgan fingerprint density at radius 1 is 1.03 bits per heavy atom. The van der Waals surface area contributed by atoms with Crippen molar-refractivity contribution in [2.24, 2.45) is 0 Å². The Kier molecular flexibility index (Phi) is 7.07. The second-order valence-corrected chi connectivity index (χ2v) is 9.86. The number of sulfonamides is 1. The van der Waals surface area contributed by atoms with Gasteiger partial charge in [0.1, 0.15) is 11.6 Å². The molecule has 1 aromatic heterocycles. The molecule has 186 valence electrons. The SMILES string of the molecule is COC(=O)C(c1ccc(F)cc1)S(=O)(=O)Nc1ccc(OC(C)=O)cc1Cc1ccc2[nH]ccc2c1. The van der Waals surface area contributed by atoms with Crippen LogP contribution in [-0.4, -0.2) is 32.5 Å².